The van der Waals surface area contributed by atoms with Gasteiger partial charge in [-0.25, -0.2) is 14.4 Å². The maximum absolute atomic E-state index is 13.9. The molecule has 0 aliphatic carbocycles. The number of anilines is 2. The van der Waals surface area contributed by atoms with Crippen LogP contribution in [0.4, 0.5) is 29.2 Å². The number of piperazine rings is 1. The van der Waals surface area contributed by atoms with Crippen LogP contribution in [0.5, 0.6) is 0 Å². The van der Waals surface area contributed by atoms with Crippen molar-refractivity contribution in [2.24, 2.45) is 0 Å². The normalized spacial score (nSPS) is 17.2. The molecule has 0 spiro atoms. The van der Waals surface area contributed by atoms with Crippen LogP contribution in [0.15, 0.2) is 37.0 Å². The van der Waals surface area contributed by atoms with Gasteiger partial charge in [-0.1, -0.05) is 6.58 Å². The van der Waals surface area contributed by atoms with Gasteiger partial charge in [-0.2, -0.15) is 13.2 Å². The zero-order valence-corrected chi connectivity index (χ0v) is 15.3. The number of aromatic nitrogens is 2. The van der Waals surface area contributed by atoms with E-state index in [2.05, 4.69) is 21.9 Å². The first-order valence-electron chi connectivity index (χ1n) is 8.82. The van der Waals surface area contributed by atoms with Crippen molar-refractivity contribution in [2.75, 3.05) is 30.3 Å². The number of nitrogens with zero attached hydrogens (tertiary/aromatic N) is 3. The standard InChI is InChI=1S/C19H19F4N5O.2H2/c1-11(20)13-4-5-15(28-8-7-25-12(10-28)9-19(21,22)23)27-16(13)17(29)14-3-2-6-26-18(14)24;;/h2-6,12,25H,1,7-10H2,(H2,24,26);2*1H. The zero-order valence-electron chi connectivity index (χ0n) is 15.3. The molecule has 2 aromatic heterocycles. The van der Waals surface area contributed by atoms with Crippen molar-refractivity contribution < 1.29 is 25.2 Å². The maximum Gasteiger partial charge on any atom is 0.390 e. The van der Waals surface area contributed by atoms with Crippen LogP contribution in [0.1, 0.15) is 30.9 Å². The van der Waals surface area contributed by atoms with Gasteiger partial charge in [0.05, 0.1) is 12.0 Å². The van der Waals surface area contributed by atoms with E-state index in [0.717, 1.165) is 0 Å². The van der Waals surface area contributed by atoms with Gasteiger partial charge < -0.3 is 16.0 Å². The third-order valence-corrected chi connectivity index (χ3v) is 4.53. The Hall–Kier alpha value is -3.01. The first kappa shape index (κ1) is 20.7. The fraction of sp³-hybridized carbons (Fsp3) is 0.316. The molecule has 0 aromatic carbocycles. The van der Waals surface area contributed by atoms with E-state index >= 15 is 0 Å². The topological polar surface area (TPSA) is 84.1 Å². The predicted molar refractivity (Wildman–Crippen MR) is 105 cm³/mol. The highest BCUT2D eigenvalue weighted by atomic mass is 19.4. The minimum Gasteiger partial charge on any atom is -0.383 e. The molecule has 0 saturated carbocycles. The Labute approximate surface area is 167 Å². The number of nitrogen functional groups attached to an aromatic ring is 1. The average molecular weight is 413 g/mol. The van der Waals surface area contributed by atoms with Gasteiger partial charge in [0.15, 0.2) is 0 Å². The van der Waals surface area contributed by atoms with E-state index < -0.39 is 30.2 Å². The molecule has 1 fully saturated rings. The lowest BCUT2D eigenvalue weighted by atomic mass is 10.0. The smallest absolute Gasteiger partial charge is 0.383 e. The number of nitrogens with two attached hydrogens (primary N) is 1. The Kier molecular flexibility index (Phi) is 5.83. The van der Waals surface area contributed by atoms with Crippen LogP contribution in [-0.4, -0.2) is 47.6 Å². The second-order valence-corrected chi connectivity index (χ2v) is 6.65. The highest BCUT2D eigenvalue weighted by molar-refractivity contribution is 6.12. The number of rotatable bonds is 5. The average Bonchev–Trinajstić information content (AvgIpc) is 2.66. The van der Waals surface area contributed by atoms with Crippen molar-refractivity contribution in [2.45, 2.75) is 18.6 Å². The van der Waals surface area contributed by atoms with Gasteiger partial charge in [0, 0.05) is 40.3 Å². The van der Waals surface area contributed by atoms with Crippen LogP contribution in [0, 0.1) is 0 Å². The van der Waals surface area contributed by atoms with E-state index in [1.54, 1.807) is 4.90 Å². The van der Waals surface area contributed by atoms with Crippen molar-refractivity contribution in [3.63, 3.8) is 0 Å². The van der Waals surface area contributed by atoms with Gasteiger partial charge in [0.1, 0.15) is 23.2 Å². The zero-order chi connectivity index (χ0) is 21.2. The van der Waals surface area contributed by atoms with Crippen LogP contribution in [0.25, 0.3) is 5.83 Å². The summed E-state index contributed by atoms with van der Waals surface area (Å²) in [5.41, 5.74) is 5.46. The molecular formula is C19H23F4N5O. The predicted octanol–water partition coefficient (Wildman–Crippen LogP) is 3.45. The number of nitrogens with one attached hydrogen (secondary N) is 1. The quantitative estimate of drug-likeness (QED) is 0.577. The van der Waals surface area contributed by atoms with Crippen molar-refractivity contribution in [1.29, 1.82) is 0 Å². The third-order valence-electron chi connectivity index (χ3n) is 4.53. The Morgan fingerprint density at radius 2 is 2.10 bits per heavy atom. The van der Waals surface area contributed by atoms with Gasteiger partial charge in [-0.3, -0.25) is 4.79 Å². The Morgan fingerprint density at radius 3 is 2.76 bits per heavy atom. The van der Waals surface area contributed by atoms with Crippen molar-refractivity contribution >= 4 is 23.2 Å². The van der Waals surface area contributed by atoms with Crippen LogP contribution in [0.2, 0.25) is 0 Å². The summed E-state index contributed by atoms with van der Waals surface area (Å²) in [4.78, 5) is 22.6. The number of hydrogen-bond donors (Lipinski definition) is 2. The molecule has 1 aliphatic heterocycles. The van der Waals surface area contributed by atoms with Crippen molar-refractivity contribution in [3.05, 3.63) is 53.9 Å². The number of carbonyl (C=O) groups is 1. The highest BCUT2D eigenvalue weighted by Crippen LogP contribution is 2.27. The Balaban J connectivity index is 0.00000240. The molecule has 1 saturated heterocycles. The summed E-state index contributed by atoms with van der Waals surface area (Å²) >= 11 is 0. The summed E-state index contributed by atoms with van der Waals surface area (Å²) in [5, 5.41) is 2.82. The minimum absolute atomic E-state index is 0. The minimum atomic E-state index is -4.30. The van der Waals surface area contributed by atoms with Gasteiger partial charge in [0.25, 0.3) is 0 Å². The molecule has 3 rings (SSSR count). The monoisotopic (exact) mass is 413 g/mol. The molecule has 1 atom stereocenters. The van der Waals surface area contributed by atoms with Gasteiger partial charge >= 0.3 is 6.18 Å². The molecule has 2 aromatic rings. The molecule has 0 radical (unpaired) electrons. The number of halogens is 4. The van der Waals surface area contributed by atoms with E-state index in [1.165, 1.54) is 30.5 Å². The Bertz CT molecular complexity index is 942. The lowest BCUT2D eigenvalue weighted by Crippen LogP contribution is -2.52. The lowest BCUT2D eigenvalue weighted by Gasteiger charge is -2.35. The first-order valence-corrected chi connectivity index (χ1v) is 8.82. The molecule has 6 nitrogen and oxygen atoms in total. The number of ketones is 1. The van der Waals surface area contributed by atoms with Crippen LogP contribution >= 0.6 is 0 Å². The molecule has 0 bridgehead atoms. The number of carbonyl (C=O) groups excluding carboxylic acids is 1. The molecule has 10 heteroatoms. The third kappa shape index (κ3) is 4.89. The summed E-state index contributed by atoms with van der Waals surface area (Å²) in [6, 6.07) is 4.93. The number of pyridine rings is 2. The molecule has 1 unspecified atom stereocenters. The van der Waals surface area contributed by atoms with E-state index in [-0.39, 0.29) is 37.9 Å². The SMILES string of the molecule is C=C(F)c1ccc(N2CCNC(CC(F)(F)F)C2)nc1C(=O)c1cccnc1N.[HH].[HH]. The van der Waals surface area contributed by atoms with Crippen molar-refractivity contribution in [1.82, 2.24) is 15.3 Å². The summed E-state index contributed by atoms with van der Waals surface area (Å²) in [6.45, 7) is 3.98. The highest BCUT2D eigenvalue weighted by Gasteiger charge is 2.34. The van der Waals surface area contributed by atoms with E-state index in [9.17, 15) is 22.4 Å². The largest absolute Gasteiger partial charge is 0.390 e. The second kappa shape index (κ2) is 8.16. The molecule has 3 heterocycles. The van der Waals surface area contributed by atoms with Crippen molar-refractivity contribution in [3.8, 4) is 0 Å². The molecule has 3 N–H and O–H groups in total. The fourth-order valence-electron chi connectivity index (χ4n) is 3.20. The van der Waals surface area contributed by atoms with E-state index in [1.807, 2.05) is 0 Å². The molecule has 0 amide bonds. The summed E-state index contributed by atoms with van der Waals surface area (Å²) < 4.78 is 52.1. The molecule has 158 valence electrons. The summed E-state index contributed by atoms with van der Waals surface area (Å²) in [5.74, 6) is -1.26. The summed E-state index contributed by atoms with van der Waals surface area (Å²) in [6.07, 6.45) is -3.88. The van der Waals surface area contributed by atoms with Gasteiger partial charge in [-0.05, 0) is 24.3 Å². The summed E-state index contributed by atoms with van der Waals surface area (Å²) in [7, 11) is 0. The molecule has 29 heavy (non-hydrogen) atoms. The van der Waals surface area contributed by atoms with Crippen LogP contribution < -0.4 is 16.0 Å². The van der Waals surface area contributed by atoms with Gasteiger partial charge in [-0.15, -0.1) is 0 Å². The molecule has 1 aliphatic rings. The second-order valence-electron chi connectivity index (χ2n) is 6.65. The van der Waals surface area contributed by atoms with Crippen LogP contribution in [-0.2, 0) is 0 Å². The number of hydrogen-bond acceptors (Lipinski definition) is 6. The van der Waals surface area contributed by atoms with Gasteiger partial charge in [0.2, 0.25) is 5.78 Å². The first-order chi connectivity index (χ1) is 13.7. The Morgan fingerprint density at radius 1 is 1.34 bits per heavy atom. The lowest BCUT2D eigenvalue weighted by molar-refractivity contribution is -0.139. The number of alkyl halides is 3. The fourth-order valence-corrected chi connectivity index (χ4v) is 3.20. The maximum atomic E-state index is 13.9. The molecular weight excluding hydrogens is 390 g/mol. The van der Waals surface area contributed by atoms with E-state index in [0.29, 0.717) is 13.1 Å². The van der Waals surface area contributed by atoms with E-state index in [4.69, 9.17) is 5.73 Å². The van der Waals surface area contributed by atoms with Crippen LogP contribution in [0.3, 0.4) is 0 Å².